The molecule has 148 valence electrons. The van der Waals surface area contributed by atoms with Crippen molar-refractivity contribution >= 4 is 11.7 Å². The molecule has 1 heterocycles. The summed E-state index contributed by atoms with van der Waals surface area (Å²) in [5.74, 6) is 0.726. The van der Waals surface area contributed by atoms with Crippen LogP contribution in [0.1, 0.15) is 37.4 Å². The molecule has 1 saturated heterocycles. The van der Waals surface area contributed by atoms with Crippen LogP contribution in [0.2, 0.25) is 0 Å². The van der Waals surface area contributed by atoms with E-state index in [1.165, 1.54) is 5.56 Å². The van der Waals surface area contributed by atoms with E-state index in [0.29, 0.717) is 44.0 Å². The third-order valence-corrected chi connectivity index (χ3v) is 5.32. The second-order valence-electron chi connectivity index (χ2n) is 7.47. The fourth-order valence-corrected chi connectivity index (χ4v) is 4.00. The van der Waals surface area contributed by atoms with Crippen LogP contribution in [0.15, 0.2) is 36.4 Å². The molecule has 0 aliphatic carbocycles. The third kappa shape index (κ3) is 4.25. The van der Waals surface area contributed by atoms with E-state index in [9.17, 15) is 9.59 Å². The van der Waals surface area contributed by atoms with Gasteiger partial charge in [0.05, 0.1) is 19.2 Å². The van der Waals surface area contributed by atoms with Crippen molar-refractivity contribution < 1.29 is 14.3 Å². The van der Waals surface area contributed by atoms with Crippen molar-refractivity contribution in [2.24, 2.45) is 0 Å². The molecule has 0 unspecified atom stereocenters. The summed E-state index contributed by atoms with van der Waals surface area (Å²) < 4.78 is 5.31. The van der Waals surface area contributed by atoms with Crippen LogP contribution in [0.4, 0.5) is 0 Å². The number of carbonyl (C=O) groups excluding carboxylic acids is 2. The first-order valence-electron chi connectivity index (χ1n) is 9.66. The van der Waals surface area contributed by atoms with Crippen LogP contribution in [0.3, 0.4) is 0 Å². The number of nitrogens with zero attached hydrogens (tertiary/aromatic N) is 2. The molecule has 0 spiro atoms. The Morgan fingerprint density at radius 1 is 0.964 bits per heavy atom. The molecule has 0 N–H and O–H groups in total. The van der Waals surface area contributed by atoms with E-state index < -0.39 is 0 Å². The number of aryl methyl sites for hydroxylation is 3. The van der Waals surface area contributed by atoms with Gasteiger partial charge in [-0.05, 0) is 44.0 Å². The fraction of sp³-hybridized carbons (Fsp3) is 0.391. The highest BCUT2D eigenvalue weighted by molar-refractivity contribution is 6.00. The van der Waals surface area contributed by atoms with Crippen LogP contribution in [-0.4, -0.2) is 61.3 Å². The lowest BCUT2D eigenvalue weighted by Crippen LogP contribution is -2.50. The molecule has 1 fully saturated rings. The topological polar surface area (TPSA) is 49.9 Å². The monoisotopic (exact) mass is 380 g/mol. The molecule has 2 aromatic rings. The van der Waals surface area contributed by atoms with Crippen molar-refractivity contribution in [3.63, 3.8) is 0 Å². The van der Waals surface area contributed by atoms with Gasteiger partial charge in [0.15, 0.2) is 5.78 Å². The molecule has 1 amide bonds. The zero-order valence-corrected chi connectivity index (χ0v) is 17.1. The molecule has 0 radical (unpaired) electrons. The van der Waals surface area contributed by atoms with E-state index in [2.05, 4.69) is 17.0 Å². The summed E-state index contributed by atoms with van der Waals surface area (Å²) in [5, 5.41) is 0. The van der Waals surface area contributed by atoms with Crippen molar-refractivity contribution in [1.82, 2.24) is 9.80 Å². The molecule has 0 aromatic heterocycles. The highest BCUT2D eigenvalue weighted by Crippen LogP contribution is 2.21. The molecule has 1 aliphatic rings. The Hall–Kier alpha value is -2.66. The standard InChI is InChI=1S/C23H28N2O3/c1-16-13-17(2)22(18(3)14-16)20(26)15-24-9-11-25(12-10-24)23(27)19-7-5-6-8-21(19)28-4/h5-8,13-14H,9-12,15H2,1-4H3. The van der Waals surface area contributed by atoms with E-state index in [0.717, 1.165) is 16.7 Å². The maximum Gasteiger partial charge on any atom is 0.257 e. The minimum atomic E-state index is -0.0198. The Kier molecular flexibility index (Phi) is 6.15. The van der Waals surface area contributed by atoms with Gasteiger partial charge in [0.2, 0.25) is 0 Å². The Morgan fingerprint density at radius 2 is 1.57 bits per heavy atom. The number of para-hydroxylation sites is 1. The Labute approximate surface area is 166 Å². The van der Waals surface area contributed by atoms with Gasteiger partial charge >= 0.3 is 0 Å². The summed E-state index contributed by atoms with van der Waals surface area (Å²) in [5.41, 5.74) is 4.66. The Bertz CT molecular complexity index is 860. The van der Waals surface area contributed by atoms with Crippen molar-refractivity contribution in [3.8, 4) is 5.75 Å². The van der Waals surface area contributed by atoms with E-state index in [1.54, 1.807) is 19.2 Å². The molecular weight excluding hydrogens is 352 g/mol. The van der Waals surface area contributed by atoms with E-state index in [4.69, 9.17) is 4.74 Å². The molecule has 3 rings (SSSR count). The fourth-order valence-electron chi connectivity index (χ4n) is 4.00. The molecule has 2 aromatic carbocycles. The summed E-state index contributed by atoms with van der Waals surface area (Å²) in [7, 11) is 1.57. The number of hydrogen-bond acceptors (Lipinski definition) is 4. The first-order valence-corrected chi connectivity index (χ1v) is 9.66. The quantitative estimate of drug-likeness (QED) is 0.747. The number of ketones is 1. The first kappa shape index (κ1) is 20.1. The average molecular weight is 380 g/mol. The summed E-state index contributed by atoms with van der Waals surface area (Å²) in [6.45, 7) is 9.03. The molecule has 0 atom stereocenters. The lowest BCUT2D eigenvalue weighted by atomic mass is 9.96. The highest BCUT2D eigenvalue weighted by Gasteiger charge is 2.25. The molecule has 28 heavy (non-hydrogen) atoms. The first-order chi connectivity index (χ1) is 13.4. The number of hydrogen-bond donors (Lipinski definition) is 0. The van der Waals surface area contributed by atoms with E-state index in [-0.39, 0.29) is 11.7 Å². The van der Waals surface area contributed by atoms with Crippen molar-refractivity contribution in [3.05, 3.63) is 64.2 Å². The summed E-state index contributed by atoms with van der Waals surface area (Å²) >= 11 is 0. The van der Waals surface area contributed by atoms with Crippen molar-refractivity contribution in [2.45, 2.75) is 20.8 Å². The van der Waals surface area contributed by atoms with Crippen LogP contribution >= 0.6 is 0 Å². The predicted molar refractivity (Wildman–Crippen MR) is 110 cm³/mol. The summed E-state index contributed by atoms with van der Waals surface area (Å²) in [6, 6.07) is 11.4. The molecule has 1 aliphatic heterocycles. The Morgan fingerprint density at radius 3 is 2.18 bits per heavy atom. The summed E-state index contributed by atoms with van der Waals surface area (Å²) in [6.07, 6.45) is 0. The average Bonchev–Trinajstić information content (AvgIpc) is 2.67. The van der Waals surface area contributed by atoms with Crippen LogP contribution < -0.4 is 4.74 Å². The maximum atomic E-state index is 12.8. The van der Waals surface area contributed by atoms with Gasteiger partial charge in [-0.15, -0.1) is 0 Å². The van der Waals surface area contributed by atoms with Gasteiger partial charge in [0.1, 0.15) is 5.75 Å². The number of rotatable bonds is 5. The lowest BCUT2D eigenvalue weighted by Gasteiger charge is -2.34. The summed E-state index contributed by atoms with van der Waals surface area (Å²) in [4.78, 5) is 29.6. The lowest BCUT2D eigenvalue weighted by molar-refractivity contribution is 0.0621. The smallest absolute Gasteiger partial charge is 0.257 e. The van der Waals surface area contributed by atoms with Crippen molar-refractivity contribution in [1.29, 1.82) is 0 Å². The van der Waals surface area contributed by atoms with Gasteiger partial charge in [-0.25, -0.2) is 0 Å². The number of benzene rings is 2. The minimum Gasteiger partial charge on any atom is -0.496 e. The largest absolute Gasteiger partial charge is 0.496 e. The molecule has 0 saturated carbocycles. The second-order valence-corrected chi connectivity index (χ2v) is 7.47. The molecular formula is C23H28N2O3. The van der Waals surface area contributed by atoms with Crippen LogP contribution in [0, 0.1) is 20.8 Å². The SMILES string of the molecule is COc1ccccc1C(=O)N1CCN(CC(=O)c2c(C)cc(C)cc2C)CC1. The van der Waals surface area contributed by atoms with E-state index in [1.807, 2.05) is 37.8 Å². The van der Waals surface area contributed by atoms with Gasteiger partial charge in [0.25, 0.3) is 5.91 Å². The van der Waals surface area contributed by atoms with Crippen LogP contribution in [-0.2, 0) is 0 Å². The van der Waals surface area contributed by atoms with Gasteiger partial charge in [-0.3, -0.25) is 14.5 Å². The second kappa shape index (κ2) is 8.57. The number of carbonyl (C=O) groups is 2. The van der Waals surface area contributed by atoms with Crippen LogP contribution in [0.5, 0.6) is 5.75 Å². The number of Topliss-reactive ketones (excluding diaryl/α,β-unsaturated/α-hetero) is 1. The molecule has 5 nitrogen and oxygen atoms in total. The predicted octanol–water partition coefficient (Wildman–Crippen LogP) is 3.26. The zero-order chi connectivity index (χ0) is 20.3. The maximum absolute atomic E-state index is 12.8. The number of ether oxygens (including phenoxy) is 1. The number of amides is 1. The normalized spacial score (nSPS) is 14.8. The van der Waals surface area contributed by atoms with Gasteiger partial charge in [-0.2, -0.15) is 0 Å². The number of methoxy groups -OCH3 is 1. The van der Waals surface area contributed by atoms with Gasteiger partial charge in [-0.1, -0.05) is 29.8 Å². The van der Waals surface area contributed by atoms with E-state index >= 15 is 0 Å². The van der Waals surface area contributed by atoms with Gasteiger partial charge < -0.3 is 9.64 Å². The number of piperazine rings is 1. The highest BCUT2D eigenvalue weighted by atomic mass is 16.5. The van der Waals surface area contributed by atoms with Gasteiger partial charge in [0, 0.05) is 31.7 Å². The molecule has 5 heteroatoms. The minimum absolute atomic E-state index is 0.0198. The molecule has 0 bridgehead atoms. The van der Waals surface area contributed by atoms with Crippen molar-refractivity contribution in [2.75, 3.05) is 39.8 Å². The third-order valence-electron chi connectivity index (χ3n) is 5.32. The van der Waals surface area contributed by atoms with Crippen LogP contribution in [0.25, 0.3) is 0 Å². The zero-order valence-electron chi connectivity index (χ0n) is 17.1. The Balaban J connectivity index is 1.61.